The lowest BCUT2D eigenvalue weighted by atomic mass is 10.5. The van der Waals surface area contributed by atoms with Crippen molar-refractivity contribution in [3.8, 4) is 0 Å². The highest BCUT2D eigenvalue weighted by atomic mass is 79.9. The van der Waals surface area contributed by atoms with Crippen molar-refractivity contribution in [3.63, 3.8) is 0 Å². The molecule has 13 heavy (non-hydrogen) atoms. The molecule has 0 aliphatic rings. The molecule has 0 unspecified atom stereocenters. The zero-order chi connectivity index (χ0) is 10.0. The fourth-order valence-corrected chi connectivity index (χ4v) is 2.11. The van der Waals surface area contributed by atoms with E-state index in [0.717, 1.165) is 11.3 Å². The van der Waals surface area contributed by atoms with E-state index in [2.05, 4.69) is 21.2 Å². The Balaban J connectivity index is 3.04. The SMILES string of the molecule is CC(=O)Nc1cc(Br)sc1[N+](=O)[O-]. The van der Waals surface area contributed by atoms with Crippen LogP contribution in [0.25, 0.3) is 0 Å². The van der Waals surface area contributed by atoms with Crippen LogP contribution >= 0.6 is 27.3 Å². The van der Waals surface area contributed by atoms with Crippen molar-refractivity contribution in [2.45, 2.75) is 6.92 Å². The Kier molecular flexibility index (Phi) is 2.99. The van der Waals surface area contributed by atoms with Crippen LogP contribution in [0.2, 0.25) is 0 Å². The average molecular weight is 265 g/mol. The van der Waals surface area contributed by atoms with Crippen LogP contribution in [0.5, 0.6) is 0 Å². The minimum Gasteiger partial charge on any atom is -0.320 e. The summed E-state index contributed by atoms with van der Waals surface area (Å²) in [6, 6.07) is 1.50. The van der Waals surface area contributed by atoms with Crippen LogP contribution in [0.4, 0.5) is 10.7 Å². The van der Waals surface area contributed by atoms with E-state index in [1.807, 2.05) is 0 Å². The Hall–Kier alpha value is -0.950. The predicted molar refractivity (Wildman–Crippen MR) is 53.0 cm³/mol. The molecule has 1 N–H and O–H groups in total. The van der Waals surface area contributed by atoms with Gasteiger partial charge in [-0.05, 0) is 22.0 Å². The molecule has 1 aromatic rings. The first-order chi connectivity index (χ1) is 6.00. The second-order valence-corrected chi connectivity index (χ2v) is 4.62. The predicted octanol–water partition coefficient (Wildman–Crippen LogP) is 2.38. The lowest BCUT2D eigenvalue weighted by molar-refractivity contribution is -0.379. The molecule has 5 nitrogen and oxygen atoms in total. The van der Waals surface area contributed by atoms with Gasteiger partial charge in [0.15, 0.2) is 0 Å². The van der Waals surface area contributed by atoms with Crippen LogP contribution in [-0.4, -0.2) is 10.8 Å². The smallest absolute Gasteiger partial charge is 0.320 e. The molecule has 0 fully saturated rings. The van der Waals surface area contributed by atoms with Gasteiger partial charge in [0.05, 0.1) is 8.71 Å². The number of nitro groups is 1. The van der Waals surface area contributed by atoms with Crippen molar-refractivity contribution in [1.82, 2.24) is 0 Å². The summed E-state index contributed by atoms with van der Waals surface area (Å²) < 4.78 is 0.614. The highest BCUT2D eigenvalue weighted by Crippen LogP contribution is 2.37. The van der Waals surface area contributed by atoms with Crippen molar-refractivity contribution in [3.05, 3.63) is 20.0 Å². The van der Waals surface area contributed by atoms with Gasteiger partial charge in [-0.3, -0.25) is 14.9 Å². The molecule has 1 rings (SSSR count). The Morgan fingerprint density at radius 2 is 2.38 bits per heavy atom. The van der Waals surface area contributed by atoms with Crippen LogP contribution in [0.15, 0.2) is 9.85 Å². The molecule has 7 heteroatoms. The van der Waals surface area contributed by atoms with Gasteiger partial charge in [0.25, 0.3) is 0 Å². The fraction of sp³-hybridized carbons (Fsp3) is 0.167. The van der Waals surface area contributed by atoms with Crippen LogP contribution in [0.1, 0.15) is 6.92 Å². The van der Waals surface area contributed by atoms with Gasteiger partial charge in [-0.2, -0.15) is 0 Å². The minimum atomic E-state index is -0.527. The van der Waals surface area contributed by atoms with E-state index < -0.39 is 4.92 Å². The zero-order valence-corrected chi connectivity index (χ0v) is 8.94. The van der Waals surface area contributed by atoms with E-state index in [1.165, 1.54) is 13.0 Å². The molecular weight excluding hydrogens is 260 g/mol. The number of nitrogens with one attached hydrogen (secondary N) is 1. The van der Waals surface area contributed by atoms with Crippen molar-refractivity contribution in [2.75, 3.05) is 5.32 Å². The second-order valence-electron chi connectivity index (χ2n) is 2.21. The molecule has 1 aromatic heterocycles. The molecule has 0 aliphatic heterocycles. The fourth-order valence-electron chi connectivity index (χ4n) is 0.767. The quantitative estimate of drug-likeness (QED) is 0.659. The number of nitrogens with zero attached hydrogens (tertiary/aromatic N) is 1. The highest BCUT2D eigenvalue weighted by Gasteiger charge is 2.18. The second kappa shape index (κ2) is 3.84. The third-order valence-corrected chi connectivity index (χ3v) is 2.75. The monoisotopic (exact) mass is 264 g/mol. The summed E-state index contributed by atoms with van der Waals surface area (Å²) in [5.41, 5.74) is 0.231. The number of carbonyl (C=O) groups excluding carboxylic acids is 1. The normalized spacial score (nSPS) is 9.69. The van der Waals surface area contributed by atoms with E-state index in [4.69, 9.17) is 0 Å². The molecule has 1 heterocycles. The average Bonchev–Trinajstić information content (AvgIpc) is 2.29. The zero-order valence-electron chi connectivity index (χ0n) is 6.54. The lowest BCUT2D eigenvalue weighted by Crippen LogP contribution is -2.06. The Bertz CT molecular complexity index is 363. The summed E-state index contributed by atoms with van der Waals surface area (Å²) in [6.07, 6.45) is 0. The van der Waals surface area contributed by atoms with Gasteiger partial charge in [0.2, 0.25) is 5.91 Å². The molecule has 0 saturated carbocycles. The summed E-state index contributed by atoms with van der Waals surface area (Å²) in [6.45, 7) is 1.30. The summed E-state index contributed by atoms with van der Waals surface area (Å²) in [4.78, 5) is 20.6. The first-order valence-corrected chi connectivity index (χ1v) is 4.83. The van der Waals surface area contributed by atoms with E-state index >= 15 is 0 Å². The first kappa shape index (κ1) is 10.1. The van der Waals surface area contributed by atoms with E-state index in [1.54, 1.807) is 0 Å². The summed E-state index contributed by atoms with van der Waals surface area (Å²) in [5.74, 6) is -0.326. The van der Waals surface area contributed by atoms with Gasteiger partial charge in [-0.1, -0.05) is 11.3 Å². The molecule has 70 valence electrons. The van der Waals surface area contributed by atoms with Gasteiger partial charge in [0.1, 0.15) is 5.69 Å². The molecule has 0 bridgehead atoms. The van der Waals surface area contributed by atoms with Crippen molar-refractivity contribution >= 4 is 43.9 Å². The number of amides is 1. The van der Waals surface area contributed by atoms with Gasteiger partial charge in [-0.25, -0.2) is 0 Å². The molecule has 0 spiro atoms. The molecule has 0 aromatic carbocycles. The Morgan fingerprint density at radius 1 is 1.77 bits per heavy atom. The lowest BCUT2D eigenvalue weighted by Gasteiger charge is -1.95. The molecule has 0 radical (unpaired) electrons. The third kappa shape index (κ3) is 2.49. The Morgan fingerprint density at radius 3 is 2.85 bits per heavy atom. The van der Waals surface area contributed by atoms with Crippen molar-refractivity contribution in [1.29, 1.82) is 0 Å². The van der Waals surface area contributed by atoms with Gasteiger partial charge < -0.3 is 5.32 Å². The summed E-state index contributed by atoms with van der Waals surface area (Å²) in [7, 11) is 0. The van der Waals surface area contributed by atoms with Gasteiger partial charge in [0, 0.05) is 6.92 Å². The number of hydrogen-bond acceptors (Lipinski definition) is 4. The number of hydrogen-bond donors (Lipinski definition) is 1. The third-order valence-electron chi connectivity index (χ3n) is 1.16. The van der Waals surface area contributed by atoms with Crippen molar-refractivity contribution < 1.29 is 9.72 Å². The van der Waals surface area contributed by atoms with E-state index in [-0.39, 0.29) is 16.6 Å². The van der Waals surface area contributed by atoms with Crippen LogP contribution in [0, 0.1) is 10.1 Å². The molecule has 0 saturated heterocycles. The maximum Gasteiger partial charge on any atom is 0.348 e. The van der Waals surface area contributed by atoms with E-state index in [9.17, 15) is 14.9 Å². The first-order valence-electron chi connectivity index (χ1n) is 3.22. The van der Waals surface area contributed by atoms with Gasteiger partial charge in [-0.15, -0.1) is 0 Å². The maximum atomic E-state index is 10.7. The highest BCUT2D eigenvalue weighted by molar-refractivity contribution is 9.11. The van der Waals surface area contributed by atoms with Crippen molar-refractivity contribution in [2.24, 2.45) is 0 Å². The minimum absolute atomic E-state index is 0.0675. The molecular formula is C6H5BrN2O3S. The molecule has 0 atom stereocenters. The number of carbonyl (C=O) groups is 1. The summed E-state index contributed by atoms with van der Waals surface area (Å²) in [5, 5.41) is 12.8. The van der Waals surface area contributed by atoms with Crippen LogP contribution in [0.3, 0.4) is 0 Å². The van der Waals surface area contributed by atoms with Gasteiger partial charge >= 0.3 is 5.00 Å². The van der Waals surface area contributed by atoms with E-state index in [0.29, 0.717) is 3.79 Å². The standard InChI is InChI=1S/C6H5BrN2O3S/c1-3(10)8-4-2-5(7)13-6(4)9(11)12/h2H,1H3,(H,8,10). The summed E-state index contributed by atoms with van der Waals surface area (Å²) >= 11 is 4.07. The number of thiophene rings is 1. The van der Waals surface area contributed by atoms with Crippen LogP contribution < -0.4 is 5.32 Å². The molecule has 0 aliphatic carbocycles. The number of rotatable bonds is 2. The maximum absolute atomic E-state index is 10.7. The number of halogens is 1. The Labute approximate surface area is 86.0 Å². The topological polar surface area (TPSA) is 72.2 Å². The largest absolute Gasteiger partial charge is 0.348 e. The number of anilines is 1. The van der Waals surface area contributed by atoms with Crippen LogP contribution in [-0.2, 0) is 4.79 Å². The molecule has 1 amide bonds.